The van der Waals surface area contributed by atoms with Gasteiger partial charge in [0.05, 0.1) is 18.8 Å². The first-order valence-corrected chi connectivity index (χ1v) is 6.77. The van der Waals surface area contributed by atoms with Crippen molar-refractivity contribution in [2.45, 2.75) is 39.8 Å². The summed E-state index contributed by atoms with van der Waals surface area (Å²) in [4.78, 5) is 8.22. The highest BCUT2D eigenvalue weighted by Gasteiger charge is 2.08. The van der Waals surface area contributed by atoms with Gasteiger partial charge in [-0.3, -0.25) is 4.99 Å². The minimum atomic E-state index is 0. The highest BCUT2D eigenvalue weighted by atomic mass is 127. The van der Waals surface area contributed by atoms with Gasteiger partial charge in [-0.05, 0) is 5.92 Å². The number of halogens is 1. The zero-order chi connectivity index (χ0) is 15.2. The van der Waals surface area contributed by atoms with Gasteiger partial charge in [0.2, 0.25) is 5.89 Å². The smallest absolute Gasteiger partial charge is 0.223 e. The molecule has 0 saturated carbocycles. The lowest BCUT2D eigenvalue weighted by atomic mass is 10.1. The first kappa shape index (κ1) is 18.4. The topological polar surface area (TPSA) is 101 Å². The number of rotatable bonds is 5. The minimum Gasteiger partial charge on any atom is -0.359 e. The number of nitrogens with zero attached hydrogens (tertiary/aromatic N) is 4. The second kappa shape index (κ2) is 8.71. The monoisotopic (exact) mass is 420 g/mol. The van der Waals surface area contributed by atoms with E-state index in [0.29, 0.717) is 36.7 Å². The Bertz CT molecular complexity index is 607. The van der Waals surface area contributed by atoms with Crippen LogP contribution in [0.3, 0.4) is 0 Å². The van der Waals surface area contributed by atoms with Gasteiger partial charge in [-0.2, -0.15) is 4.98 Å². The molecular formula is C13H21IN6O2. The van der Waals surface area contributed by atoms with Crippen LogP contribution >= 0.6 is 24.0 Å². The molecule has 0 saturated heterocycles. The molecule has 2 aromatic heterocycles. The Labute approximate surface area is 146 Å². The Hall–Kier alpha value is -1.65. The van der Waals surface area contributed by atoms with Crippen LogP contribution in [0.2, 0.25) is 0 Å². The normalized spacial score (nSPS) is 11.4. The summed E-state index contributed by atoms with van der Waals surface area (Å²) in [5.74, 6) is 2.85. The van der Waals surface area contributed by atoms with Crippen LogP contribution in [0.5, 0.6) is 0 Å². The Morgan fingerprint density at radius 1 is 1.23 bits per heavy atom. The van der Waals surface area contributed by atoms with Gasteiger partial charge in [-0.25, -0.2) is 0 Å². The van der Waals surface area contributed by atoms with Crippen LogP contribution in [0.15, 0.2) is 20.1 Å². The van der Waals surface area contributed by atoms with Crippen molar-refractivity contribution in [1.82, 2.24) is 25.9 Å². The second-order valence-corrected chi connectivity index (χ2v) is 4.88. The number of nitrogens with one attached hydrogen (secondary N) is 2. The molecule has 0 aliphatic heterocycles. The van der Waals surface area contributed by atoms with Gasteiger partial charge >= 0.3 is 0 Å². The lowest BCUT2D eigenvalue weighted by Crippen LogP contribution is -2.36. The molecule has 0 atom stereocenters. The van der Waals surface area contributed by atoms with Gasteiger partial charge in [0.1, 0.15) is 0 Å². The Morgan fingerprint density at radius 2 is 1.95 bits per heavy atom. The standard InChI is InChI=1S/C13H20N6O2.HI/c1-8(2)11-5-10(21-18-11)6-15-13(14-4)16-7-12-17-9(3)20-19-12;/h5,8H,6-7H2,1-4H3,(H2,14,15,16);1H. The van der Waals surface area contributed by atoms with Crippen molar-refractivity contribution in [3.8, 4) is 0 Å². The van der Waals surface area contributed by atoms with Crippen LogP contribution < -0.4 is 10.6 Å². The quantitative estimate of drug-likeness (QED) is 0.433. The van der Waals surface area contributed by atoms with E-state index in [1.54, 1.807) is 14.0 Å². The molecule has 0 unspecified atom stereocenters. The molecule has 0 fully saturated rings. The fourth-order valence-electron chi connectivity index (χ4n) is 1.65. The molecule has 0 radical (unpaired) electrons. The maximum absolute atomic E-state index is 5.25. The summed E-state index contributed by atoms with van der Waals surface area (Å²) in [6.07, 6.45) is 0. The van der Waals surface area contributed by atoms with Gasteiger partial charge in [0.25, 0.3) is 0 Å². The van der Waals surface area contributed by atoms with Gasteiger partial charge in [0, 0.05) is 20.0 Å². The highest BCUT2D eigenvalue weighted by molar-refractivity contribution is 14.0. The molecule has 0 aromatic carbocycles. The number of aromatic nitrogens is 3. The van der Waals surface area contributed by atoms with E-state index >= 15 is 0 Å². The summed E-state index contributed by atoms with van der Waals surface area (Å²) in [6, 6.07) is 1.94. The molecule has 0 aliphatic rings. The first-order valence-electron chi connectivity index (χ1n) is 6.77. The van der Waals surface area contributed by atoms with E-state index in [9.17, 15) is 0 Å². The lowest BCUT2D eigenvalue weighted by molar-refractivity contribution is 0.371. The number of aryl methyl sites for hydroxylation is 1. The summed E-state index contributed by atoms with van der Waals surface area (Å²) in [7, 11) is 1.69. The zero-order valence-corrected chi connectivity index (χ0v) is 15.4. The van der Waals surface area contributed by atoms with Crippen LogP contribution in [0.1, 0.15) is 42.9 Å². The van der Waals surface area contributed by atoms with Gasteiger partial charge < -0.3 is 19.7 Å². The van der Waals surface area contributed by atoms with E-state index < -0.39 is 0 Å². The van der Waals surface area contributed by atoms with Crippen molar-refractivity contribution in [3.05, 3.63) is 29.2 Å². The van der Waals surface area contributed by atoms with E-state index in [1.165, 1.54) is 0 Å². The van der Waals surface area contributed by atoms with Crippen molar-refractivity contribution < 1.29 is 9.05 Å². The molecule has 0 spiro atoms. The molecule has 2 heterocycles. The molecule has 2 N–H and O–H groups in total. The summed E-state index contributed by atoms with van der Waals surface area (Å²) in [5, 5.41) is 14.0. The molecule has 9 heteroatoms. The van der Waals surface area contributed by atoms with Crippen molar-refractivity contribution in [2.75, 3.05) is 7.05 Å². The molecule has 2 rings (SSSR count). The molecule has 2 aromatic rings. The van der Waals surface area contributed by atoms with Crippen LogP contribution in [0.4, 0.5) is 0 Å². The SMILES string of the molecule is CN=C(NCc1noc(C)n1)NCc1cc(C(C)C)no1.I. The second-order valence-electron chi connectivity index (χ2n) is 4.88. The number of guanidine groups is 1. The molecule has 0 bridgehead atoms. The number of hydrogen-bond donors (Lipinski definition) is 2. The third-order valence-electron chi connectivity index (χ3n) is 2.81. The van der Waals surface area contributed by atoms with Crippen LogP contribution in [0, 0.1) is 6.92 Å². The minimum absolute atomic E-state index is 0. The van der Waals surface area contributed by atoms with Crippen LogP contribution in [-0.2, 0) is 13.1 Å². The van der Waals surface area contributed by atoms with E-state index in [1.807, 2.05) is 6.07 Å². The van der Waals surface area contributed by atoms with E-state index in [0.717, 1.165) is 11.5 Å². The van der Waals surface area contributed by atoms with Crippen molar-refractivity contribution in [2.24, 2.45) is 4.99 Å². The predicted molar refractivity (Wildman–Crippen MR) is 92.1 cm³/mol. The Morgan fingerprint density at radius 3 is 2.50 bits per heavy atom. The third-order valence-corrected chi connectivity index (χ3v) is 2.81. The fraction of sp³-hybridized carbons (Fsp3) is 0.538. The summed E-state index contributed by atoms with van der Waals surface area (Å²) in [6.45, 7) is 6.83. The Balaban J connectivity index is 0.00000242. The maximum atomic E-state index is 5.25. The highest BCUT2D eigenvalue weighted by Crippen LogP contribution is 2.13. The summed E-state index contributed by atoms with van der Waals surface area (Å²) >= 11 is 0. The average molecular weight is 420 g/mol. The first-order chi connectivity index (χ1) is 10.1. The molecule has 8 nitrogen and oxygen atoms in total. The molecule has 0 aliphatic carbocycles. The Kier molecular flexibility index (Phi) is 7.28. The maximum Gasteiger partial charge on any atom is 0.223 e. The van der Waals surface area contributed by atoms with Gasteiger partial charge in [-0.1, -0.05) is 24.2 Å². The van der Waals surface area contributed by atoms with Crippen molar-refractivity contribution >= 4 is 29.9 Å². The van der Waals surface area contributed by atoms with Crippen LogP contribution in [-0.4, -0.2) is 28.3 Å². The molecular weight excluding hydrogens is 399 g/mol. The fourth-order valence-corrected chi connectivity index (χ4v) is 1.65. The predicted octanol–water partition coefficient (Wildman–Crippen LogP) is 1.97. The summed E-state index contributed by atoms with van der Waals surface area (Å²) < 4.78 is 10.2. The van der Waals surface area contributed by atoms with Crippen LogP contribution in [0.25, 0.3) is 0 Å². The van der Waals surface area contributed by atoms with Gasteiger partial charge in [-0.15, -0.1) is 24.0 Å². The molecule has 122 valence electrons. The summed E-state index contributed by atoms with van der Waals surface area (Å²) in [5.41, 5.74) is 0.942. The van der Waals surface area contributed by atoms with Gasteiger partial charge in [0.15, 0.2) is 17.5 Å². The van der Waals surface area contributed by atoms with Crippen molar-refractivity contribution in [3.63, 3.8) is 0 Å². The lowest BCUT2D eigenvalue weighted by Gasteiger charge is -2.08. The van der Waals surface area contributed by atoms with E-state index in [2.05, 4.69) is 44.8 Å². The third kappa shape index (κ3) is 5.28. The zero-order valence-electron chi connectivity index (χ0n) is 13.1. The molecule has 0 amide bonds. The average Bonchev–Trinajstić information content (AvgIpc) is 3.08. The van der Waals surface area contributed by atoms with E-state index in [-0.39, 0.29) is 24.0 Å². The largest absolute Gasteiger partial charge is 0.359 e. The van der Waals surface area contributed by atoms with E-state index in [4.69, 9.17) is 9.05 Å². The van der Waals surface area contributed by atoms with Crippen molar-refractivity contribution in [1.29, 1.82) is 0 Å². The molecule has 22 heavy (non-hydrogen) atoms. The number of hydrogen-bond acceptors (Lipinski definition) is 6. The number of aliphatic imine (C=N–C) groups is 1.